The third-order valence-electron chi connectivity index (χ3n) is 2.67. The van der Waals surface area contributed by atoms with Gasteiger partial charge in [-0.1, -0.05) is 0 Å². The molecule has 6 heteroatoms. The van der Waals surface area contributed by atoms with Crippen LogP contribution in [0, 0.1) is 17.1 Å². The first-order valence-corrected chi connectivity index (χ1v) is 5.96. The van der Waals surface area contributed by atoms with Gasteiger partial charge in [-0.05, 0) is 48.5 Å². The number of hydrogen-bond donors (Lipinski definition) is 2. The summed E-state index contributed by atoms with van der Waals surface area (Å²) in [5.74, 6) is -1.53. The molecule has 2 rings (SSSR count). The Labute approximate surface area is 120 Å². The van der Waals surface area contributed by atoms with Crippen molar-refractivity contribution in [2.24, 2.45) is 0 Å². The Balaban J connectivity index is 1.95. The molecule has 0 aliphatic rings. The van der Waals surface area contributed by atoms with E-state index >= 15 is 0 Å². The Morgan fingerprint density at radius 3 is 1.71 bits per heavy atom. The topological polar surface area (TPSA) is 82.0 Å². The fraction of sp³-hybridized carbons (Fsp3) is 0. The lowest BCUT2D eigenvalue weighted by atomic mass is 10.1. The van der Waals surface area contributed by atoms with E-state index in [4.69, 9.17) is 5.26 Å². The standard InChI is InChI=1S/C15H10FN3O2/c16-13-7-5-12(6-8-13)15(21)19-18-14(20)11-3-1-10(9-17)2-4-11/h1-8H,(H,18,20)(H,19,21). The number of nitrogens with zero attached hydrogens (tertiary/aromatic N) is 1. The molecule has 0 fully saturated rings. The molecule has 0 atom stereocenters. The van der Waals surface area contributed by atoms with Gasteiger partial charge in [0.1, 0.15) is 5.82 Å². The van der Waals surface area contributed by atoms with E-state index in [2.05, 4.69) is 10.9 Å². The van der Waals surface area contributed by atoms with Crippen molar-refractivity contribution in [2.75, 3.05) is 0 Å². The van der Waals surface area contributed by atoms with Gasteiger partial charge in [-0.3, -0.25) is 20.4 Å². The van der Waals surface area contributed by atoms with Crippen LogP contribution in [0.3, 0.4) is 0 Å². The maximum absolute atomic E-state index is 12.7. The van der Waals surface area contributed by atoms with E-state index in [0.717, 1.165) is 12.1 Å². The van der Waals surface area contributed by atoms with Gasteiger partial charge in [0.15, 0.2) is 0 Å². The minimum absolute atomic E-state index is 0.219. The molecule has 0 aromatic heterocycles. The highest BCUT2D eigenvalue weighted by molar-refractivity contribution is 5.99. The number of hydrogen-bond acceptors (Lipinski definition) is 3. The predicted molar refractivity (Wildman–Crippen MR) is 72.5 cm³/mol. The molecule has 0 heterocycles. The zero-order valence-electron chi connectivity index (χ0n) is 10.8. The Bertz CT molecular complexity index is 703. The van der Waals surface area contributed by atoms with Crippen molar-refractivity contribution in [2.45, 2.75) is 0 Å². The van der Waals surface area contributed by atoms with Crippen LogP contribution in [-0.4, -0.2) is 11.8 Å². The minimum Gasteiger partial charge on any atom is -0.267 e. The smallest absolute Gasteiger partial charge is 0.267 e. The lowest BCUT2D eigenvalue weighted by Gasteiger charge is -2.07. The van der Waals surface area contributed by atoms with E-state index in [1.165, 1.54) is 36.4 Å². The van der Waals surface area contributed by atoms with E-state index in [0.29, 0.717) is 11.1 Å². The maximum atomic E-state index is 12.7. The molecule has 0 saturated heterocycles. The molecule has 0 unspecified atom stereocenters. The number of rotatable bonds is 2. The highest BCUT2D eigenvalue weighted by Crippen LogP contribution is 2.04. The van der Waals surface area contributed by atoms with Crippen molar-refractivity contribution in [3.8, 4) is 6.07 Å². The predicted octanol–water partition coefficient (Wildman–Crippen LogP) is 1.77. The van der Waals surface area contributed by atoms with Gasteiger partial charge in [-0.25, -0.2) is 4.39 Å². The van der Waals surface area contributed by atoms with Crippen LogP contribution in [0.25, 0.3) is 0 Å². The summed E-state index contributed by atoms with van der Waals surface area (Å²) < 4.78 is 12.7. The van der Waals surface area contributed by atoms with E-state index in [-0.39, 0.29) is 5.56 Å². The zero-order chi connectivity index (χ0) is 15.2. The zero-order valence-corrected chi connectivity index (χ0v) is 10.8. The Hall–Kier alpha value is -3.20. The highest BCUT2D eigenvalue weighted by Gasteiger charge is 2.09. The summed E-state index contributed by atoms with van der Waals surface area (Å²) in [6.45, 7) is 0. The van der Waals surface area contributed by atoms with Crippen LogP contribution in [0.1, 0.15) is 26.3 Å². The Morgan fingerprint density at radius 2 is 1.29 bits per heavy atom. The number of nitrogens with one attached hydrogen (secondary N) is 2. The Morgan fingerprint density at radius 1 is 0.857 bits per heavy atom. The molecule has 2 aromatic carbocycles. The normalized spacial score (nSPS) is 9.52. The van der Waals surface area contributed by atoms with Gasteiger partial charge in [-0.2, -0.15) is 5.26 Å². The van der Waals surface area contributed by atoms with Gasteiger partial charge >= 0.3 is 0 Å². The minimum atomic E-state index is -0.558. The van der Waals surface area contributed by atoms with Gasteiger partial charge in [0.25, 0.3) is 11.8 Å². The van der Waals surface area contributed by atoms with Crippen LogP contribution >= 0.6 is 0 Å². The lowest BCUT2D eigenvalue weighted by Crippen LogP contribution is -2.41. The van der Waals surface area contributed by atoms with Gasteiger partial charge < -0.3 is 0 Å². The third-order valence-corrected chi connectivity index (χ3v) is 2.67. The van der Waals surface area contributed by atoms with E-state index in [1.54, 1.807) is 0 Å². The number of halogens is 1. The summed E-state index contributed by atoms with van der Waals surface area (Å²) in [6, 6.07) is 12.8. The summed E-state index contributed by atoms with van der Waals surface area (Å²) >= 11 is 0. The first kappa shape index (κ1) is 14.2. The molecule has 0 aliphatic heterocycles. The van der Waals surface area contributed by atoms with Crippen molar-refractivity contribution in [3.63, 3.8) is 0 Å². The van der Waals surface area contributed by atoms with Crippen molar-refractivity contribution >= 4 is 11.8 Å². The second-order valence-corrected chi connectivity index (χ2v) is 4.10. The molecule has 21 heavy (non-hydrogen) atoms. The van der Waals surface area contributed by atoms with Crippen LogP contribution in [0.2, 0.25) is 0 Å². The Kier molecular flexibility index (Phi) is 4.26. The fourth-order valence-corrected chi connectivity index (χ4v) is 1.56. The molecule has 2 amide bonds. The summed E-state index contributed by atoms with van der Waals surface area (Å²) in [5.41, 5.74) is 5.40. The molecule has 2 aromatic rings. The summed E-state index contributed by atoms with van der Waals surface area (Å²) in [7, 11) is 0. The monoisotopic (exact) mass is 283 g/mol. The van der Waals surface area contributed by atoms with Crippen LogP contribution < -0.4 is 10.9 Å². The first-order valence-electron chi connectivity index (χ1n) is 5.96. The molecule has 0 bridgehead atoms. The molecule has 5 nitrogen and oxygen atoms in total. The van der Waals surface area contributed by atoms with Gasteiger partial charge in [0, 0.05) is 11.1 Å². The third kappa shape index (κ3) is 3.64. The number of hydrazine groups is 1. The maximum Gasteiger partial charge on any atom is 0.269 e. The summed E-state index contributed by atoms with van der Waals surface area (Å²) in [4.78, 5) is 23.5. The molecule has 0 radical (unpaired) electrons. The van der Waals surface area contributed by atoms with Crippen molar-refractivity contribution < 1.29 is 14.0 Å². The molecule has 2 N–H and O–H groups in total. The second kappa shape index (κ2) is 6.30. The van der Waals surface area contributed by atoms with E-state index in [1.807, 2.05) is 6.07 Å². The second-order valence-electron chi connectivity index (χ2n) is 4.10. The fourth-order valence-electron chi connectivity index (χ4n) is 1.56. The average molecular weight is 283 g/mol. The molecule has 104 valence electrons. The number of benzene rings is 2. The lowest BCUT2D eigenvalue weighted by molar-refractivity contribution is 0.0846. The highest BCUT2D eigenvalue weighted by atomic mass is 19.1. The molecular weight excluding hydrogens is 273 g/mol. The molecule has 0 saturated carbocycles. The first-order chi connectivity index (χ1) is 10.1. The van der Waals surface area contributed by atoms with Crippen molar-refractivity contribution in [3.05, 3.63) is 71.0 Å². The quantitative estimate of drug-likeness (QED) is 0.824. The largest absolute Gasteiger partial charge is 0.269 e. The average Bonchev–Trinajstić information content (AvgIpc) is 2.53. The number of carbonyl (C=O) groups is 2. The van der Waals surface area contributed by atoms with Crippen molar-refractivity contribution in [1.82, 2.24) is 10.9 Å². The van der Waals surface area contributed by atoms with Crippen LogP contribution in [0.5, 0.6) is 0 Å². The molecule has 0 aliphatic carbocycles. The van der Waals surface area contributed by atoms with Crippen LogP contribution in [0.15, 0.2) is 48.5 Å². The van der Waals surface area contributed by atoms with E-state index < -0.39 is 17.6 Å². The summed E-state index contributed by atoms with van der Waals surface area (Å²) in [6.07, 6.45) is 0. The molecule has 0 spiro atoms. The van der Waals surface area contributed by atoms with Crippen molar-refractivity contribution in [1.29, 1.82) is 5.26 Å². The summed E-state index contributed by atoms with van der Waals surface area (Å²) in [5, 5.41) is 8.65. The molecular formula is C15H10FN3O2. The van der Waals surface area contributed by atoms with E-state index in [9.17, 15) is 14.0 Å². The number of nitriles is 1. The number of amides is 2. The van der Waals surface area contributed by atoms with Gasteiger partial charge in [0.05, 0.1) is 11.6 Å². The van der Waals surface area contributed by atoms with Crippen LogP contribution in [0.4, 0.5) is 4.39 Å². The van der Waals surface area contributed by atoms with Crippen LogP contribution in [-0.2, 0) is 0 Å². The SMILES string of the molecule is N#Cc1ccc(C(=O)NNC(=O)c2ccc(F)cc2)cc1. The number of carbonyl (C=O) groups excluding carboxylic acids is 2. The van der Waals surface area contributed by atoms with Gasteiger partial charge in [-0.15, -0.1) is 0 Å². The van der Waals surface area contributed by atoms with Gasteiger partial charge in [0.2, 0.25) is 0 Å².